The second-order valence-electron chi connectivity index (χ2n) is 11.2. The second kappa shape index (κ2) is 11.1. The van der Waals surface area contributed by atoms with E-state index in [4.69, 9.17) is 5.73 Å². The number of phenols is 1. The van der Waals surface area contributed by atoms with E-state index in [1.54, 1.807) is 7.05 Å². The van der Waals surface area contributed by atoms with Crippen LogP contribution in [-0.4, -0.2) is 100 Å². The van der Waals surface area contributed by atoms with Gasteiger partial charge in [0.2, 0.25) is 11.7 Å². The van der Waals surface area contributed by atoms with E-state index in [0.29, 0.717) is 6.54 Å². The molecule has 42 heavy (non-hydrogen) atoms. The minimum absolute atomic E-state index is 0.0166. The fourth-order valence-electron chi connectivity index (χ4n) is 6.72. The maximum Gasteiger partial charge on any atom is 0.255 e. The van der Waals surface area contributed by atoms with Crippen LogP contribution in [0.3, 0.4) is 0 Å². The summed E-state index contributed by atoms with van der Waals surface area (Å²) in [5.41, 5.74) is 0.202. The van der Waals surface area contributed by atoms with Gasteiger partial charge >= 0.3 is 0 Å². The fourth-order valence-corrected chi connectivity index (χ4v) is 6.72. The van der Waals surface area contributed by atoms with Crippen LogP contribution < -0.4 is 21.7 Å². The number of aliphatic hydroxyl groups is 3. The van der Waals surface area contributed by atoms with Gasteiger partial charge in [-0.2, -0.15) is 0 Å². The van der Waals surface area contributed by atoms with E-state index in [9.17, 15) is 39.6 Å². The Morgan fingerprint density at radius 2 is 1.86 bits per heavy atom. The summed E-state index contributed by atoms with van der Waals surface area (Å²) in [6.07, 6.45) is 1.52. The van der Waals surface area contributed by atoms with Crippen molar-refractivity contribution in [1.82, 2.24) is 15.5 Å². The number of aliphatic hydroxyl groups excluding tert-OH is 2. The van der Waals surface area contributed by atoms with Crippen molar-refractivity contribution in [2.24, 2.45) is 17.6 Å². The van der Waals surface area contributed by atoms with Crippen LogP contribution in [0.25, 0.3) is 0 Å². The molecule has 4 atom stereocenters. The molecule has 3 aliphatic carbocycles. The summed E-state index contributed by atoms with van der Waals surface area (Å²) in [5, 5.41) is 53.2. The number of nitrogens with one attached hydrogen (secondary N) is 3. The van der Waals surface area contributed by atoms with Crippen molar-refractivity contribution in [3.63, 3.8) is 0 Å². The molecule has 226 valence electrons. The zero-order valence-electron chi connectivity index (χ0n) is 23.0. The summed E-state index contributed by atoms with van der Waals surface area (Å²) in [5.74, 6) is -9.76. The quantitative estimate of drug-likeness (QED) is 0.111. The number of Topliss-reactive ketones (excluding diaryl/α,β-unsaturated/α-hetero) is 2. The second-order valence-corrected chi connectivity index (χ2v) is 11.2. The average molecular weight is 588 g/mol. The van der Waals surface area contributed by atoms with Crippen LogP contribution in [0.5, 0.6) is 5.75 Å². The van der Waals surface area contributed by atoms with Gasteiger partial charge in [-0.3, -0.25) is 24.1 Å². The third kappa shape index (κ3) is 4.64. The van der Waals surface area contributed by atoms with Crippen molar-refractivity contribution < 1.29 is 44.0 Å². The van der Waals surface area contributed by atoms with Gasteiger partial charge in [-0.1, -0.05) is 0 Å². The van der Waals surface area contributed by atoms with E-state index in [1.165, 1.54) is 0 Å². The number of anilines is 1. The Morgan fingerprint density at radius 1 is 1.17 bits per heavy atom. The minimum Gasteiger partial charge on any atom is -0.510 e. The number of amides is 2. The van der Waals surface area contributed by atoms with Gasteiger partial charge in [0.1, 0.15) is 22.9 Å². The van der Waals surface area contributed by atoms with Crippen molar-refractivity contribution in [3.8, 4) is 5.75 Å². The Hall–Kier alpha value is -3.85. The van der Waals surface area contributed by atoms with Gasteiger partial charge in [0.25, 0.3) is 5.91 Å². The number of carbonyl (C=O) groups is 4. The number of aromatic hydroxyl groups is 1. The molecule has 0 spiro atoms. The first-order valence-electron chi connectivity index (χ1n) is 13.8. The largest absolute Gasteiger partial charge is 0.510 e. The lowest BCUT2D eigenvalue weighted by molar-refractivity contribution is -0.146. The topological polar surface area (TPSA) is 215 Å². The first-order valence-corrected chi connectivity index (χ1v) is 13.8. The first kappa shape index (κ1) is 29.6. The molecule has 2 amide bonds. The van der Waals surface area contributed by atoms with E-state index in [0.717, 1.165) is 32.0 Å². The number of primary amides is 1. The monoisotopic (exact) mass is 587 g/mol. The number of ketones is 2. The number of likely N-dealkylation sites (tertiary alicyclic amines) is 1. The molecule has 0 aromatic heterocycles. The van der Waals surface area contributed by atoms with Gasteiger partial charge in [-0.15, -0.1) is 0 Å². The number of fused-ring (bicyclic) bond motifs is 3. The van der Waals surface area contributed by atoms with Gasteiger partial charge in [0, 0.05) is 36.2 Å². The summed E-state index contributed by atoms with van der Waals surface area (Å²) < 4.78 is 15.4. The van der Waals surface area contributed by atoms with Gasteiger partial charge in [0.05, 0.1) is 23.8 Å². The summed E-state index contributed by atoms with van der Waals surface area (Å²) in [6.45, 7) is 2.09. The highest BCUT2D eigenvalue weighted by molar-refractivity contribution is 6.25. The Morgan fingerprint density at radius 3 is 2.50 bits per heavy atom. The molecule has 4 aliphatic rings. The van der Waals surface area contributed by atoms with E-state index in [2.05, 4.69) is 16.0 Å². The molecule has 1 heterocycles. The van der Waals surface area contributed by atoms with Crippen LogP contribution in [0.4, 0.5) is 10.1 Å². The summed E-state index contributed by atoms with van der Waals surface area (Å²) in [4.78, 5) is 53.8. The summed E-state index contributed by atoms with van der Waals surface area (Å²) >= 11 is 0. The van der Waals surface area contributed by atoms with Crippen LogP contribution >= 0.6 is 0 Å². The molecule has 1 saturated heterocycles. The molecule has 0 saturated carbocycles. The maximum absolute atomic E-state index is 15.4. The van der Waals surface area contributed by atoms with Crippen LogP contribution in [0.2, 0.25) is 0 Å². The van der Waals surface area contributed by atoms with Crippen molar-refractivity contribution in [3.05, 3.63) is 45.7 Å². The number of allylic oxidation sites excluding steroid dienone is 1. The van der Waals surface area contributed by atoms with Crippen molar-refractivity contribution in [2.75, 3.05) is 45.1 Å². The predicted octanol–water partition coefficient (Wildman–Crippen LogP) is -0.459. The van der Waals surface area contributed by atoms with Crippen LogP contribution in [0.1, 0.15) is 35.2 Å². The zero-order chi connectivity index (χ0) is 30.5. The number of benzene rings is 1. The van der Waals surface area contributed by atoms with Gasteiger partial charge in [-0.05, 0) is 51.7 Å². The molecular weight excluding hydrogens is 553 g/mol. The molecule has 0 unspecified atom stereocenters. The lowest BCUT2D eigenvalue weighted by Gasteiger charge is -2.48. The Kier molecular flexibility index (Phi) is 7.83. The number of carbonyl (C=O) groups excluding carboxylic acids is 4. The molecule has 13 nitrogen and oxygen atoms in total. The lowest BCUT2D eigenvalue weighted by atomic mass is 9.58. The van der Waals surface area contributed by atoms with Crippen molar-refractivity contribution >= 4 is 29.1 Å². The predicted molar refractivity (Wildman–Crippen MR) is 146 cm³/mol. The van der Waals surface area contributed by atoms with Crippen molar-refractivity contribution in [2.45, 2.75) is 37.3 Å². The molecule has 9 N–H and O–H groups in total. The number of likely N-dealkylation sites (N-methyl/N-ethyl adjacent to an activating group) is 1. The number of hydrogen-bond donors (Lipinski definition) is 8. The zero-order valence-corrected chi connectivity index (χ0v) is 23.0. The van der Waals surface area contributed by atoms with E-state index in [1.807, 2.05) is 4.90 Å². The van der Waals surface area contributed by atoms with E-state index < -0.39 is 86.7 Å². The molecule has 1 fully saturated rings. The third-order valence-corrected chi connectivity index (χ3v) is 8.73. The molecule has 0 radical (unpaired) electrons. The highest BCUT2D eigenvalue weighted by Crippen LogP contribution is 2.52. The normalized spacial score (nSPS) is 27.5. The third-order valence-electron chi connectivity index (χ3n) is 8.73. The van der Waals surface area contributed by atoms with Crippen LogP contribution in [0, 0.1) is 17.7 Å². The van der Waals surface area contributed by atoms with Gasteiger partial charge in [0.15, 0.2) is 17.1 Å². The van der Waals surface area contributed by atoms with E-state index >= 15 is 4.39 Å². The maximum atomic E-state index is 15.4. The van der Waals surface area contributed by atoms with Crippen molar-refractivity contribution in [1.29, 1.82) is 0 Å². The molecule has 1 aliphatic heterocycles. The Labute approximate surface area is 240 Å². The Balaban J connectivity index is 1.55. The summed E-state index contributed by atoms with van der Waals surface area (Å²) in [7, 11) is 1.67. The molecule has 5 rings (SSSR count). The number of hydrogen-bond acceptors (Lipinski definition) is 11. The van der Waals surface area contributed by atoms with Gasteiger partial charge in [-0.25, -0.2) is 4.39 Å². The number of phenolic OH excluding ortho intramolecular Hbond substituents is 1. The fraction of sp³-hybridized carbons (Fsp3) is 0.500. The highest BCUT2D eigenvalue weighted by atomic mass is 19.1. The number of rotatable bonds is 8. The highest BCUT2D eigenvalue weighted by Gasteiger charge is 2.62. The molecule has 1 aromatic rings. The van der Waals surface area contributed by atoms with Gasteiger partial charge < -0.3 is 42.1 Å². The SMILES string of the molecule is CNCCN[C@@H]1C(O)=C(C(N)=O)C(=O)[C@@]2(O)C(O)=C3C(=O)c4c(O)c(NC(=O)CN5CCCC5)cc(F)c4C[C@H]3C[C@@H]12. The minimum atomic E-state index is -2.82. The average Bonchev–Trinajstić information content (AvgIpc) is 3.43. The molecular formula is C28H34FN5O8. The molecule has 0 bridgehead atoms. The standard InChI is InChI=1S/C28H34FN5O8/c1-31-4-5-32-21-14-9-12-8-13-15(29)10-16(33-17(35)11-34-6-2-3-7-34)22(36)19(13)23(37)18(12)25(39)28(14,42)26(40)20(24(21)38)27(30)41/h10,12,14,21,31-32,36,38-39,42H,2-9,11H2,1H3,(H2,30,41)(H,33,35)/t12-,14-,21-,28-/m0/s1. The smallest absolute Gasteiger partial charge is 0.255 e. The number of nitrogens with zero attached hydrogens (tertiary/aromatic N) is 1. The number of halogens is 1. The first-order chi connectivity index (χ1) is 19.9. The van der Waals surface area contributed by atoms with Crippen LogP contribution in [0.15, 0.2) is 28.7 Å². The molecule has 1 aromatic carbocycles. The summed E-state index contributed by atoms with van der Waals surface area (Å²) in [6, 6.07) is -0.285. The van der Waals surface area contributed by atoms with Crippen LogP contribution in [-0.2, 0) is 20.8 Å². The Bertz CT molecular complexity index is 1440. The van der Waals surface area contributed by atoms with E-state index in [-0.39, 0.29) is 37.2 Å². The lowest BCUT2D eigenvalue weighted by Crippen LogP contribution is -2.64. The number of nitrogens with two attached hydrogens (primary N) is 1. The molecule has 14 heteroatoms.